The van der Waals surface area contributed by atoms with E-state index in [2.05, 4.69) is 0 Å². The molecule has 59 heavy (non-hydrogen) atoms. The molecule has 17 atom stereocenters. The molecule has 0 aromatic heterocycles. The number of aldehydes is 1. The van der Waals surface area contributed by atoms with Crippen LogP contribution in [0.15, 0.2) is 12.2 Å². The molecule has 2 N–H and O–H groups in total. The van der Waals surface area contributed by atoms with Crippen molar-refractivity contribution in [2.45, 2.75) is 185 Å². The first-order valence-electron chi connectivity index (χ1n) is 20.7. The Kier molecular flexibility index (Phi) is 17.6. The first kappa shape index (κ1) is 48.8. The second kappa shape index (κ2) is 21.3. The molecule has 4 heterocycles. The molecule has 0 spiro atoms. The predicted molar refractivity (Wildman–Crippen MR) is 208 cm³/mol. The Balaban J connectivity index is 1.64. The van der Waals surface area contributed by atoms with Crippen LogP contribution in [0.25, 0.3) is 0 Å². The van der Waals surface area contributed by atoms with Crippen LogP contribution in [0.1, 0.15) is 93.9 Å². The highest BCUT2D eigenvalue weighted by Gasteiger charge is 2.53. The number of likely N-dealkylation sites (N-methyl/N-ethyl adjacent to an activating group) is 1. The smallest absolute Gasteiger partial charge is 0.309 e. The van der Waals surface area contributed by atoms with Crippen LogP contribution in [0.5, 0.6) is 0 Å². The van der Waals surface area contributed by atoms with Crippen molar-refractivity contribution < 1.29 is 76.8 Å². The number of carbonyl (C=O) groups excluding carboxylic acids is 5. The Morgan fingerprint density at radius 3 is 2.29 bits per heavy atom. The molecule has 0 aliphatic carbocycles. The highest BCUT2D eigenvalue weighted by molar-refractivity contribution is 5.91. The fraction of sp³-hybridized carbons (Fsp3) is 0.833. The molecule has 4 rings (SSSR count). The largest absolute Gasteiger partial charge is 0.462 e. The van der Waals surface area contributed by atoms with Crippen LogP contribution >= 0.6 is 0 Å². The van der Waals surface area contributed by atoms with E-state index < -0.39 is 115 Å². The van der Waals surface area contributed by atoms with E-state index in [0.29, 0.717) is 12.7 Å². The molecule has 0 amide bonds. The maximum atomic E-state index is 13.4. The van der Waals surface area contributed by atoms with E-state index in [1.807, 2.05) is 13.8 Å². The Morgan fingerprint density at radius 2 is 1.69 bits per heavy atom. The number of allylic oxidation sites excluding steroid dienone is 1. The fourth-order valence-corrected chi connectivity index (χ4v) is 8.51. The molecule has 17 heteroatoms. The third kappa shape index (κ3) is 13.3. The lowest BCUT2D eigenvalue weighted by atomic mass is 9.83. The summed E-state index contributed by atoms with van der Waals surface area (Å²) in [5, 5.41) is 23.5. The lowest BCUT2D eigenvalue weighted by Crippen LogP contribution is -2.66. The maximum Gasteiger partial charge on any atom is 0.309 e. The molecule has 336 valence electrons. The molecule has 0 radical (unpaired) electrons. The topological polar surface area (TPSA) is 215 Å². The summed E-state index contributed by atoms with van der Waals surface area (Å²) in [6, 6.07) is -0.800. The molecule has 4 aliphatic heterocycles. The molecule has 17 nitrogen and oxygen atoms in total. The van der Waals surface area contributed by atoms with Gasteiger partial charge in [-0.1, -0.05) is 20.8 Å². The van der Waals surface area contributed by atoms with Crippen molar-refractivity contribution in [3.05, 3.63) is 12.2 Å². The number of aliphatic hydroxyl groups is 2. The van der Waals surface area contributed by atoms with Crippen LogP contribution in [0.2, 0.25) is 0 Å². The zero-order valence-corrected chi connectivity index (χ0v) is 36.3. The lowest BCUT2D eigenvalue weighted by Gasteiger charge is -2.50. The highest BCUT2D eigenvalue weighted by atomic mass is 16.7. The first-order chi connectivity index (χ1) is 27.6. The second-order valence-electron chi connectivity index (χ2n) is 17.5. The lowest BCUT2D eigenvalue weighted by molar-refractivity contribution is -0.344. The quantitative estimate of drug-likeness (QED) is 0.125. The van der Waals surface area contributed by atoms with Gasteiger partial charge >= 0.3 is 17.9 Å². The number of carbonyl (C=O) groups is 5. The van der Waals surface area contributed by atoms with Gasteiger partial charge in [0.1, 0.15) is 48.5 Å². The van der Waals surface area contributed by atoms with Crippen LogP contribution in [0, 0.1) is 17.8 Å². The molecule has 0 aromatic rings. The van der Waals surface area contributed by atoms with Crippen molar-refractivity contribution in [2.75, 3.05) is 21.2 Å². The standard InChI is InChI=1S/C42H67NO16/c1-21(2)16-32(47)57-40-25(6)53-34(20-42(40,8)50)58-37-24(5)54-41(36(49)35(37)43(9)10)59-38-27(14-15-44)17-22(3)28(46)12-13-29-30(56-29)18-23(4)52-33(48)19-31(39(38)51-11)55-26(7)45/h12-13,15,21-25,27,29-31,34-41,49-50H,14,16-20H2,1-11H3/t22?,23?,24?,25?,27?,29?,30?,31?,34?,35?,36?,37?,38?,39?,40?,41?,42-/m1/s1. The molecular formula is C42H67NO16. The van der Waals surface area contributed by atoms with Crippen molar-refractivity contribution in [3.8, 4) is 0 Å². The van der Waals surface area contributed by atoms with Crippen LogP contribution in [0.3, 0.4) is 0 Å². The fourth-order valence-electron chi connectivity index (χ4n) is 8.51. The van der Waals surface area contributed by atoms with E-state index in [-0.39, 0.29) is 49.6 Å². The Hall–Kier alpha value is -2.87. The van der Waals surface area contributed by atoms with E-state index in [9.17, 15) is 34.2 Å². The number of esters is 3. The number of cyclic esters (lactones) is 1. The Labute approximate surface area is 347 Å². The number of epoxide rings is 1. The minimum absolute atomic E-state index is 0.0551. The summed E-state index contributed by atoms with van der Waals surface area (Å²) < 4.78 is 54.2. The number of hydrogen-bond donors (Lipinski definition) is 2. The van der Waals surface area contributed by atoms with E-state index in [1.54, 1.807) is 59.7 Å². The maximum absolute atomic E-state index is 13.4. The molecule has 0 aromatic carbocycles. The number of aliphatic hydroxyl groups excluding tert-OH is 1. The Morgan fingerprint density at radius 1 is 1.00 bits per heavy atom. The monoisotopic (exact) mass is 841 g/mol. The van der Waals surface area contributed by atoms with Gasteiger partial charge in [0.25, 0.3) is 0 Å². The summed E-state index contributed by atoms with van der Waals surface area (Å²) >= 11 is 0. The van der Waals surface area contributed by atoms with E-state index in [4.69, 9.17) is 42.6 Å². The van der Waals surface area contributed by atoms with Gasteiger partial charge in [-0.05, 0) is 72.2 Å². The number of ether oxygens (including phenoxy) is 9. The highest BCUT2D eigenvalue weighted by Crippen LogP contribution is 2.38. The summed E-state index contributed by atoms with van der Waals surface area (Å²) in [6.07, 6.45) is -7.99. The van der Waals surface area contributed by atoms with Crippen LogP contribution in [-0.2, 0) is 66.6 Å². The van der Waals surface area contributed by atoms with Crippen molar-refractivity contribution in [3.63, 3.8) is 0 Å². The summed E-state index contributed by atoms with van der Waals surface area (Å²) in [7, 11) is 4.82. The van der Waals surface area contributed by atoms with Gasteiger partial charge in [0.05, 0.1) is 36.9 Å². The summed E-state index contributed by atoms with van der Waals surface area (Å²) in [5.74, 6) is -3.35. The zero-order chi connectivity index (χ0) is 43.9. The molecule has 4 aliphatic rings. The number of rotatable bonds is 12. The van der Waals surface area contributed by atoms with Crippen LogP contribution < -0.4 is 0 Å². The van der Waals surface area contributed by atoms with Gasteiger partial charge < -0.3 is 62.5 Å². The van der Waals surface area contributed by atoms with Gasteiger partial charge in [-0.25, -0.2) is 0 Å². The van der Waals surface area contributed by atoms with Crippen molar-refractivity contribution >= 4 is 30.0 Å². The summed E-state index contributed by atoms with van der Waals surface area (Å²) in [4.78, 5) is 65.8. The molecule has 0 saturated carbocycles. The number of hydrogen-bond acceptors (Lipinski definition) is 17. The van der Waals surface area contributed by atoms with Gasteiger partial charge in [-0.2, -0.15) is 0 Å². The van der Waals surface area contributed by atoms with Gasteiger partial charge in [0.2, 0.25) is 0 Å². The average Bonchev–Trinajstić information content (AvgIpc) is 3.85. The minimum atomic E-state index is -1.51. The number of nitrogens with zero attached hydrogens (tertiary/aromatic N) is 1. The van der Waals surface area contributed by atoms with Crippen LogP contribution in [0.4, 0.5) is 0 Å². The van der Waals surface area contributed by atoms with Gasteiger partial charge in [-0.15, -0.1) is 0 Å². The minimum Gasteiger partial charge on any atom is -0.462 e. The van der Waals surface area contributed by atoms with Gasteiger partial charge in [0, 0.05) is 45.6 Å². The van der Waals surface area contributed by atoms with E-state index in [0.717, 1.165) is 0 Å². The third-order valence-corrected chi connectivity index (χ3v) is 11.4. The number of fused-ring (bicyclic) bond motifs is 1. The van der Waals surface area contributed by atoms with E-state index in [1.165, 1.54) is 20.1 Å². The summed E-state index contributed by atoms with van der Waals surface area (Å²) in [5.41, 5.74) is -1.51. The normalized spacial score (nSPS) is 41.2. The first-order valence-corrected chi connectivity index (χ1v) is 20.7. The third-order valence-electron chi connectivity index (χ3n) is 11.4. The van der Waals surface area contributed by atoms with Crippen LogP contribution in [-0.4, -0.2) is 158 Å². The predicted octanol–water partition coefficient (Wildman–Crippen LogP) is 2.43. The zero-order valence-electron chi connectivity index (χ0n) is 36.3. The SMILES string of the molecule is COC1C(OC(C)=O)CC(=O)OC(C)CC2OC2C=CC(=O)C(C)CC(CC=O)C1OC1OC(C)C(OC2C[C@@](C)(O)C(OC(=O)CC(C)C)C(C)O2)C(N(C)C)C1O. The average molecular weight is 842 g/mol. The second-order valence-corrected chi connectivity index (χ2v) is 17.5. The number of methoxy groups -OCH3 is 1. The molecule has 3 fully saturated rings. The molecule has 0 bridgehead atoms. The summed E-state index contributed by atoms with van der Waals surface area (Å²) in [6.45, 7) is 13.4. The molecule has 16 unspecified atom stereocenters. The van der Waals surface area contributed by atoms with E-state index >= 15 is 0 Å². The molecule has 3 saturated heterocycles. The van der Waals surface area contributed by atoms with Crippen molar-refractivity contribution in [1.29, 1.82) is 0 Å². The van der Waals surface area contributed by atoms with Gasteiger partial charge in [0.15, 0.2) is 24.5 Å². The Bertz CT molecular complexity index is 1470. The van der Waals surface area contributed by atoms with Crippen molar-refractivity contribution in [1.82, 2.24) is 4.90 Å². The van der Waals surface area contributed by atoms with Gasteiger partial charge in [-0.3, -0.25) is 19.2 Å². The van der Waals surface area contributed by atoms with Crippen molar-refractivity contribution in [2.24, 2.45) is 17.8 Å². The molecular weight excluding hydrogens is 774 g/mol. The number of ketones is 1.